The maximum atomic E-state index is 12.7. The summed E-state index contributed by atoms with van der Waals surface area (Å²) in [7, 11) is 0. The minimum absolute atomic E-state index is 0.124. The summed E-state index contributed by atoms with van der Waals surface area (Å²) in [6.45, 7) is 0. The number of carbonyl (C=O) groups excluding carboxylic acids is 2. The Morgan fingerprint density at radius 1 is 1.21 bits per heavy atom. The number of hydrazone groups is 1. The van der Waals surface area contributed by atoms with Crippen LogP contribution in [0.2, 0.25) is 0 Å². The fourth-order valence-electron chi connectivity index (χ4n) is 4.80. The minimum Gasteiger partial charge on any atom is -0.400 e. The van der Waals surface area contributed by atoms with Crippen molar-refractivity contribution in [3.05, 3.63) is 40.2 Å². The molecule has 1 aliphatic heterocycles. The summed E-state index contributed by atoms with van der Waals surface area (Å²) >= 11 is 0. The molecule has 2 bridgehead atoms. The normalized spacial score (nSPS) is 34.8. The van der Waals surface area contributed by atoms with Gasteiger partial charge in [0.25, 0.3) is 11.8 Å². The molecule has 1 aromatic heterocycles. The van der Waals surface area contributed by atoms with E-state index in [0.29, 0.717) is 0 Å². The summed E-state index contributed by atoms with van der Waals surface area (Å²) < 4.78 is 4.96. The molecule has 122 valence electrons. The van der Waals surface area contributed by atoms with Gasteiger partial charge >= 0.3 is 5.88 Å². The second kappa shape index (κ2) is 4.19. The third kappa shape index (κ3) is 1.50. The molecule has 3 aliphatic carbocycles. The number of fused-ring (bicyclic) bond motifs is 3. The van der Waals surface area contributed by atoms with Crippen LogP contribution in [0.4, 0.5) is 5.88 Å². The van der Waals surface area contributed by atoms with Crippen LogP contribution in [0.25, 0.3) is 0 Å². The Balaban J connectivity index is 1.41. The number of hydrogen-bond acceptors (Lipinski definition) is 6. The molecule has 1 saturated heterocycles. The maximum Gasteiger partial charge on any atom is 0.433 e. The van der Waals surface area contributed by atoms with E-state index in [1.54, 1.807) is 0 Å². The molecule has 5 rings (SSSR count). The van der Waals surface area contributed by atoms with Crippen LogP contribution in [0, 0.1) is 39.2 Å². The zero-order chi connectivity index (χ0) is 16.6. The van der Waals surface area contributed by atoms with Crippen molar-refractivity contribution in [1.82, 2.24) is 5.01 Å². The van der Waals surface area contributed by atoms with Crippen molar-refractivity contribution in [2.24, 2.45) is 34.2 Å². The Morgan fingerprint density at radius 2 is 1.83 bits per heavy atom. The van der Waals surface area contributed by atoms with Crippen LogP contribution in [0.15, 0.2) is 33.8 Å². The van der Waals surface area contributed by atoms with Crippen molar-refractivity contribution in [1.29, 1.82) is 0 Å². The molecular weight excluding hydrogens is 314 g/mol. The lowest BCUT2D eigenvalue weighted by Gasteiger charge is -2.18. The predicted molar refractivity (Wildman–Crippen MR) is 79.6 cm³/mol. The summed E-state index contributed by atoms with van der Waals surface area (Å²) in [6, 6.07) is 2.57. The van der Waals surface area contributed by atoms with Crippen LogP contribution in [0.5, 0.6) is 0 Å². The number of nitrogens with zero attached hydrogens (tertiary/aromatic N) is 3. The second-order valence-corrected chi connectivity index (χ2v) is 6.89. The van der Waals surface area contributed by atoms with E-state index in [2.05, 4.69) is 17.3 Å². The lowest BCUT2D eigenvalue weighted by Crippen LogP contribution is -2.30. The number of rotatable bonds is 3. The first-order valence-electron chi connectivity index (χ1n) is 7.87. The van der Waals surface area contributed by atoms with E-state index in [0.717, 1.165) is 17.9 Å². The van der Waals surface area contributed by atoms with E-state index in [1.807, 2.05) is 0 Å². The lowest BCUT2D eigenvalue weighted by atomic mass is 9.85. The van der Waals surface area contributed by atoms with Crippen molar-refractivity contribution >= 4 is 23.9 Å². The van der Waals surface area contributed by atoms with Crippen LogP contribution in [0.1, 0.15) is 18.6 Å². The molecule has 4 aliphatic rings. The standard InChI is InChI=1S/C16H13N3O5/c20-14-12-9-2-3-10(16(9)5-6-16)13(12)15(21)18(14)17-7-8-1-4-11(24-8)19(22)23/h1-4,7,9-10,12-13H,5-6H2. The van der Waals surface area contributed by atoms with E-state index in [1.165, 1.54) is 18.3 Å². The molecule has 2 amide bonds. The number of hydrogen-bond donors (Lipinski definition) is 0. The highest BCUT2D eigenvalue weighted by Gasteiger charge is 2.73. The minimum atomic E-state index is -0.660. The van der Waals surface area contributed by atoms with Crippen LogP contribution in [-0.2, 0) is 9.59 Å². The van der Waals surface area contributed by atoms with Gasteiger partial charge < -0.3 is 4.42 Å². The van der Waals surface area contributed by atoms with Crippen molar-refractivity contribution in [3.8, 4) is 0 Å². The number of nitro groups is 1. The average molecular weight is 327 g/mol. The molecule has 24 heavy (non-hydrogen) atoms. The topological polar surface area (TPSA) is 106 Å². The van der Waals surface area contributed by atoms with Crippen LogP contribution in [0.3, 0.4) is 0 Å². The largest absolute Gasteiger partial charge is 0.433 e. The summed E-state index contributed by atoms with van der Waals surface area (Å²) in [4.78, 5) is 35.3. The van der Waals surface area contributed by atoms with Gasteiger partial charge in [0, 0.05) is 0 Å². The van der Waals surface area contributed by atoms with E-state index in [-0.39, 0.29) is 46.7 Å². The molecule has 0 radical (unpaired) electrons. The van der Waals surface area contributed by atoms with Gasteiger partial charge in [0.15, 0.2) is 5.76 Å². The van der Waals surface area contributed by atoms with Crippen molar-refractivity contribution in [3.63, 3.8) is 0 Å². The zero-order valence-corrected chi connectivity index (χ0v) is 12.5. The van der Waals surface area contributed by atoms with Gasteiger partial charge in [0.2, 0.25) is 0 Å². The van der Waals surface area contributed by atoms with E-state index in [9.17, 15) is 19.7 Å². The fraction of sp³-hybridized carbons (Fsp3) is 0.438. The van der Waals surface area contributed by atoms with Gasteiger partial charge in [-0.05, 0) is 36.2 Å². The van der Waals surface area contributed by atoms with Crippen molar-refractivity contribution < 1.29 is 18.9 Å². The monoisotopic (exact) mass is 327 g/mol. The number of carbonyl (C=O) groups is 2. The Labute approximate surface area is 135 Å². The molecule has 4 unspecified atom stereocenters. The molecule has 3 fully saturated rings. The fourth-order valence-corrected chi connectivity index (χ4v) is 4.80. The number of furan rings is 1. The third-order valence-electron chi connectivity index (χ3n) is 5.92. The highest BCUT2D eigenvalue weighted by atomic mass is 16.6. The summed E-state index contributed by atoms with van der Waals surface area (Å²) in [5, 5.41) is 15.4. The van der Waals surface area contributed by atoms with Gasteiger partial charge in [-0.15, -0.1) is 0 Å². The Morgan fingerprint density at radius 3 is 2.33 bits per heavy atom. The van der Waals surface area contributed by atoms with E-state index in [4.69, 9.17) is 4.42 Å². The zero-order valence-electron chi connectivity index (χ0n) is 12.5. The second-order valence-electron chi connectivity index (χ2n) is 6.89. The molecule has 8 nitrogen and oxygen atoms in total. The first-order chi connectivity index (χ1) is 11.5. The quantitative estimate of drug-likeness (QED) is 0.276. The average Bonchev–Trinajstić information content (AvgIpc) is 2.84. The van der Waals surface area contributed by atoms with Crippen LogP contribution >= 0.6 is 0 Å². The van der Waals surface area contributed by atoms with Crippen LogP contribution < -0.4 is 0 Å². The molecular formula is C16H13N3O5. The molecule has 4 atom stereocenters. The molecule has 1 aromatic rings. The van der Waals surface area contributed by atoms with E-state index < -0.39 is 10.8 Å². The predicted octanol–water partition coefficient (Wildman–Crippen LogP) is 1.72. The highest BCUT2D eigenvalue weighted by Crippen LogP contribution is 2.73. The summed E-state index contributed by atoms with van der Waals surface area (Å²) in [6.07, 6.45) is 7.52. The van der Waals surface area contributed by atoms with Gasteiger partial charge in [-0.1, -0.05) is 12.2 Å². The van der Waals surface area contributed by atoms with Crippen molar-refractivity contribution in [2.45, 2.75) is 12.8 Å². The summed E-state index contributed by atoms with van der Waals surface area (Å²) in [5.41, 5.74) is 0.151. The first kappa shape index (κ1) is 13.6. The summed E-state index contributed by atoms with van der Waals surface area (Å²) in [5.74, 6) is -1.15. The Kier molecular flexibility index (Phi) is 2.39. The molecule has 1 spiro atoms. The SMILES string of the molecule is O=C1C2C(C(=O)N1N=Cc1ccc([N+](=O)[O-])o1)C1C=CC2C12CC2. The number of imide groups is 1. The maximum absolute atomic E-state index is 12.7. The van der Waals surface area contributed by atoms with E-state index >= 15 is 0 Å². The number of amides is 2. The van der Waals surface area contributed by atoms with Crippen LogP contribution in [-0.4, -0.2) is 28.0 Å². The van der Waals surface area contributed by atoms with Gasteiger partial charge in [-0.25, -0.2) is 0 Å². The number of allylic oxidation sites excluding steroid dienone is 2. The molecule has 8 heteroatoms. The van der Waals surface area contributed by atoms with Gasteiger partial charge in [-0.3, -0.25) is 19.7 Å². The van der Waals surface area contributed by atoms with Gasteiger partial charge in [-0.2, -0.15) is 10.1 Å². The molecule has 0 aromatic carbocycles. The Bertz CT molecular complexity index is 816. The molecule has 2 heterocycles. The molecule has 2 saturated carbocycles. The van der Waals surface area contributed by atoms with Gasteiger partial charge in [0.05, 0.1) is 24.1 Å². The first-order valence-corrected chi connectivity index (χ1v) is 7.87. The van der Waals surface area contributed by atoms with Crippen molar-refractivity contribution in [2.75, 3.05) is 0 Å². The third-order valence-corrected chi connectivity index (χ3v) is 5.92. The smallest absolute Gasteiger partial charge is 0.400 e. The lowest BCUT2D eigenvalue weighted by molar-refractivity contribution is -0.402. The van der Waals surface area contributed by atoms with Gasteiger partial charge in [0.1, 0.15) is 4.92 Å². The molecule has 0 N–H and O–H groups in total. The highest BCUT2D eigenvalue weighted by molar-refractivity contribution is 6.07. The Hall–Kier alpha value is -2.77.